The van der Waals surface area contributed by atoms with Crippen molar-refractivity contribution in [1.29, 1.82) is 0 Å². The number of rotatable bonds is 19. The molecular formula is C22H47ClSi. The molecule has 0 N–H and O–H groups in total. The predicted octanol–water partition coefficient (Wildman–Crippen LogP) is 9.47. The zero-order valence-corrected chi connectivity index (χ0v) is 19.1. The van der Waals surface area contributed by atoms with Crippen LogP contribution in [-0.4, -0.2) is 7.38 Å². The molecule has 0 heterocycles. The van der Waals surface area contributed by atoms with Crippen molar-refractivity contribution in [1.82, 2.24) is 0 Å². The lowest BCUT2D eigenvalue weighted by Gasteiger charge is -2.23. The number of hydrogen-bond acceptors (Lipinski definition) is 0. The Hall–Kier alpha value is 0.507. The first-order valence-electron chi connectivity index (χ1n) is 11.4. The summed E-state index contributed by atoms with van der Waals surface area (Å²) in [4.78, 5) is 0. The van der Waals surface area contributed by atoms with Crippen LogP contribution in [0.1, 0.15) is 124 Å². The molecule has 0 radical (unpaired) electrons. The van der Waals surface area contributed by atoms with Crippen molar-refractivity contribution in [2.24, 2.45) is 0 Å². The standard InChI is InChI=1S/C22H47ClSi/c1-4-7-9-11-13-15-17-19-21-24(23,6-3)22-20-18-16-14-12-10-8-5-2/h4-22H2,1-3H3. The Morgan fingerprint density at radius 2 is 0.750 bits per heavy atom. The second-order valence-corrected chi connectivity index (χ2v) is 14.4. The van der Waals surface area contributed by atoms with Gasteiger partial charge in [0.05, 0.1) is 0 Å². The summed E-state index contributed by atoms with van der Waals surface area (Å²) in [5, 5.41) is 0. The van der Waals surface area contributed by atoms with Gasteiger partial charge in [-0.1, -0.05) is 124 Å². The van der Waals surface area contributed by atoms with Crippen molar-refractivity contribution in [3.05, 3.63) is 0 Å². The van der Waals surface area contributed by atoms with Gasteiger partial charge in [-0.05, 0) is 18.1 Å². The molecule has 0 aliphatic rings. The fourth-order valence-corrected chi connectivity index (χ4v) is 7.16. The van der Waals surface area contributed by atoms with Gasteiger partial charge < -0.3 is 0 Å². The van der Waals surface area contributed by atoms with Crippen molar-refractivity contribution in [3.8, 4) is 0 Å². The first-order valence-corrected chi connectivity index (χ1v) is 15.0. The second kappa shape index (κ2) is 18.3. The lowest BCUT2D eigenvalue weighted by molar-refractivity contribution is 0.580. The Balaban J connectivity index is 3.51. The first kappa shape index (κ1) is 24.5. The summed E-state index contributed by atoms with van der Waals surface area (Å²) in [7, 11) is -1.41. The van der Waals surface area contributed by atoms with E-state index in [1.54, 1.807) is 0 Å². The summed E-state index contributed by atoms with van der Waals surface area (Å²) in [6.07, 6.45) is 22.7. The topological polar surface area (TPSA) is 0 Å². The highest BCUT2D eigenvalue weighted by atomic mass is 35.6. The van der Waals surface area contributed by atoms with Gasteiger partial charge in [-0.15, -0.1) is 0 Å². The summed E-state index contributed by atoms with van der Waals surface area (Å²) in [6, 6.07) is 4.02. The maximum absolute atomic E-state index is 7.03. The minimum Gasteiger partial charge on any atom is -0.167 e. The lowest BCUT2D eigenvalue weighted by Crippen LogP contribution is -2.25. The van der Waals surface area contributed by atoms with E-state index in [1.807, 2.05) is 0 Å². The third-order valence-electron chi connectivity index (χ3n) is 5.59. The average molecular weight is 375 g/mol. The molecule has 2 heteroatoms. The number of halogens is 1. The Kier molecular flexibility index (Phi) is 18.7. The summed E-state index contributed by atoms with van der Waals surface area (Å²) >= 11 is 7.03. The van der Waals surface area contributed by atoms with Gasteiger partial charge in [0.1, 0.15) is 0 Å². The minimum absolute atomic E-state index is 1.28. The third-order valence-corrected chi connectivity index (χ3v) is 11.3. The van der Waals surface area contributed by atoms with Gasteiger partial charge in [-0.25, -0.2) is 0 Å². The molecule has 0 rings (SSSR count). The molecule has 0 bridgehead atoms. The van der Waals surface area contributed by atoms with E-state index in [0.29, 0.717) is 0 Å². The summed E-state index contributed by atoms with van der Waals surface area (Å²) in [5.41, 5.74) is 0. The van der Waals surface area contributed by atoms with Crippen molar-refractivity contribution in [2.45, 2.75) is 142 Å². The second-order valence-electron chi connectivity index (χ2n) is 7.95. The zero-order valence-electron chi connectivity index (χ0n) is 17.3. The molecule has 0 unspecified atom stereocenters. The Labute approximate surface area is 160 Å². The fourth-order valence-electron chi connectivity index (χ4n) is 3.63. The molecule has 0 saturated carbocycles. The molecule has 0 aromatic carbocycles. The Morgan fingerprint density at radius 3 is 1.04 bits per heavy atom. The normalized spacial score (nSPS) is 12.0. The quantitative estimate of drug-likeness (QED) is 0.120. The van der Waals surface area contributed by atoms with Crippen LogP contribution in [0.15, 0.2) is 0 Å². The summed E-state index contributed by atoms with van der Waals surface area (Å²) in [5.74, 6) is 0. The van der Waals surface area contributed by atoms with E-state index in [1.165, 1.54) is 121 Å². The van der Waals surface area contributed by atoms with Crippen LogP contribution in [0, 0.1) is 0 Å². The van der Waals surface area contributed by atoms with Crippen LogP contribution in [0.4, 0.5) is 0 Å². The zero-order chi connectivity index (χ0) is 17.9. The van der Waals surface area contributed by atoms with E-state index in [9.17, 15) is 0 Å². The van der Waals surface area contributed by atoms with E-state index < -0.39 is 7.38 Å². The van der Waals surface area contributed by atoms with E-state index in [4.69, 9.17) is 11.1 Å². The van der Waals surface area contributed by atoms with Crippen LogP contribution in [0.25, 0.3) is 0 Å². The minimum atomic E-state index is -1.41. The molecule has 0 nitrogen and oxygen atoms in total. The van der Waals surface area contributed by atoms with Crippen LogP contribution in [0.5, 0.6) is 0 Å². The van der Waals surface area contributed by atoms with E-state index in [2.05, 4.69) is 20.8 Å². The van der Waals surface area contributed by atoms with Crippen LogP contribution in [0.2, 0.25) is 18.1 Å². The van der Waals surface area contributed by atoms with Gasteiger partial charge in [-0.2, -0.15) is 11.1 Å². The lowest BCUT2D eigenvalue weighted by atomic mass is 10.1. The molecule has 24 heavy (non-hydrogen) atoms. The molecular weight excluding hydrogens is 328 g/mol. The van der Waals surface area contributed by atoms with E-state index in [0.717, 1.165) is 0 Å². The van der Waals surface area contributed by atoms with Crippen LogP contribution < -0.4 is 0 Å². The molecule has 0 aromatic rings. The summed E-state index contributed by atoms with van der Waals surface area (Å²) < 4.78 is 0. The van der Waals surface area contributed by atoms with E-state index >= 15 is 0 Å². The molecule has 0 fully saturated rings. The molecule has 0 saturated heterocycles. The smallest absolute Gasteiger partial charge is 0.156 e. The molecule has 0 aliphatic carbocycles. The molecule has 0 atom stereocenters. The van der Waals surface area contributed by atoms with Crippen LogP contribution in [-0.2, 0) is 0 Å². The Morgan fingerprint density at radius 1 is 0.458 bits per heavy atom. The highest BCUT2D eigenvalue weighted by Gasteiger charge is 2.27. The SMILES string of the molecule is CCCCCCCCCC[Si](Cl)(CC)CCCCCCCCCC. The van der Waals surface area contributed by atoms with Gasteiger partial charge in [0, 0.05) is 0 Å². The number of unbranched alkanes of at least 4 members (excludes halogenated alkanes) is 14. The van der Waals surface area contributed by atoms with Gasteiger partial charge >= 0.3 is 0 Å². The van der Waals surface area contributed by atoms with Crippen molar-refractivity contribution >= 4 is 18.5 Å². The molecule has 0 spiro atoms. The predicted molar refractivity (Wildman–Crippen MR) is 117 cm³/mol. The van der Waals surface area contributed by atoms with Crippen LogP contribution in [0.3, 0.4) is 0 Å². The van der Waals surface area contributed by atoms with Crippen molar-refractivity contribution in [2.75, 3.05) is 0 Å². The van der Waals surface area contributed by atoms with E-state index in [-0.39, 0.29) is 0 Å². The third kappa shape index (κ3) is 16.0. The largest absolute Gasteiger partial charge is 0.167 e. The van der Waals surface area contributed by atoms with Crippen molar-refractivity contribution < 1.29 is 0 Å². The fraction of sp³-hybridized carbons (Fsp3) is 1.00. The highest BCUT2D eigenvalue weighted by molar-refractivity contribution is 7.20. The van der Waals surface area contributed by atoms with Gasteiger partial charge in [-0.3, -0.25) is 0 Å². The molecule has 0 aromatic heterocycles. The summed E-state index contributed by atoms with van der Waals surface area (Å²) in [6.45, 7) is 6.93. The molecule has 146 valence electrons. The van der Waals surface area contributed by atoms with Gasteiger partial charge in [0.15, 0.2) is 7.38 Å². The van der Waals surface area contributed by atoms with Gasteiger partial charge in [0.25, 0.3) is 0 Å². The first-order chi connectivity index (χ1) is 11.7. The molecule has 0 aliphatic heterocycles. The molecule has 0 amide bonds. The maximum atomic E-state index is 7.03. The Bertz CT molecular complexity index is 222. The average Bonchev–Trinajstić information content (AvgIpc) is 2.59. The highest BCUT2D eigenvalue weighted by Crippen LogP contribution is 2.30. The van der Waals surface area contributed by atoms with Crippen LogP contribution >= 0.6 is 11.1 Å². The maximum Gasteiger partial charge on any atom is 0.156 e. The number of hydrogen-bond donors (Lipinski definition) is 0. The monoisotopic (exact) mass is 374 g/mol. The van der Waals surface area contributed by atoms with Gasteiger partial charge in [0.2, 0.25) is 0 Å². The van der Waals surface area contributed by atoms with Crippen molar-refractivity contribution in [3.63, 3.8) is 0 Å².